The predicted molar refractivity (Wildman–Crippen MR) is 66.7 cm³/mol. The molecule has 0 aliphatic rings. The van der Waals surface area contributed by atoms with E-state index < -0.39 is 4.92 Å². The fourth-order valence-electron chi connectivity index (χ4n) is 1.26. The van der Waals surface area contributed by atoms with Crippen LogP contribution in [-0.2, 0) is 4.74 Å². The van der Waals surface area contributed by atoms with Gasteiger partial charge in [0.2, 0.25) is 5.75 Å². The zero-order chi connectivity index (χ0) is 13.4. The standard InChI is InChI=1S/C11H14ClNO5/c1-16-9-2-3-10(13(14)15)11(8-9)18-7-6-17-5-4-12/h2-3,8H,4-7H2,1H3. The van der Waals surface area contributed by atoms with Gasteiger partial charge >= 0.3 is 5.69 Å². The molecule has 0 saturated heterocycles. The SMILES string of the molecule is COc1ccc([N+](=O)[O-])c(OCCOCCCl)c1. The Hall–Kier alpha value is -1.53. The first-order valence-corrected chi connectivity index (χ1v) is 5.81. The van der Waals surface area contributed by atoms with Crippen LogP contribution in [0.5, 0.6) is 11.5 Å². The van der Waals surface area contributed by atoms with Gasteiger partial charge in [-0.25, -0.2) is 0 Å². The lowest BCUT2D eigenvalue weighted by Crippen LogP contribution is -2.09. The largest absolute Gasteiger partial charge is 0.497 e. The average molecular weight is 276 g/mol. The van der Waals surface area contributed by atoms with E-state index >= 15 is 0 Å². The van der Waals surface area contributed by atoms with E-state index in [0.717, 1.165) is 0 Å². The molecular weight excluding hydrogens is 262 g/mol. The van der Waals surface area contributed by atoms with Crippen molar-refractivity contribution in [3.05, 3.63) is 28.3 Å². The minimum Gasteiger partial charge on any atom is -0.497 e. The van der Waals surface area contributed by atoms with Gasteiger partial charge in [0.25, 0.3) is 0 Å². The van der Waals surface area contributed by atoms with Crippen molar-refractivity contribution in [1.82, 2.24) is 0 Å². The lowest BCUT2D eigenvalue weighted by molar-refractivity contribution is -0.385. The Morgan fingerprint density at radius 3 is 2.72 bits per heavy atom. The molecule has 1 aromatic carbocycles. The van der Waals surface area contributed by atoms with Crippen LogP contribution in [0.4, 0.5) is 5.69 Å². The highest BCUT2D eigenvalue weighted by Crippen LogP contribution is 2.30. The first-order chi connectivity index (χ1) is 8.69. The number of ether oxygens (including phenoxy) is 3. The molecule has 0 radical (unpaired) electrons. The number of alkyl halides is 1. The number of methoxy groups -OCH3 is 1. The van der Waals surface area contributed by atoms with Crippen LogP contribution in [0.15, 0.2) is 18.2 Å². The molecule has 18 heavy (non-hydrogen) atoms. The Kier molecular flexibility index (Phi) is 6.24. The summed E-state index contributed by atoms with van der Waals surface area (Å²) in [6.45, 7) is 0.955. The van der Waals surface area contributed by atoms with Gasteiger partial charge in [-0.2, -0.15) is 0 Å². The molecule has 0 bridgehead atoms. The van der Waals surface area contributed by atoms with Crippen LogP contribution in [0.3, 0.4) is 0 Å². The van der Waals surface area contributed by atoms with Crippen molar-refractivity contribution in [2.75, 3.05) is 32.8 Å². The van der Waals surface area contributed by atoms with Crippen molar-refractivity contribution in [3.8, 4) is 11.5 Å². The highest BCUT2D eigenvalue weighted by atomic mass is 35.5. The van der Waals surface area contributed by atoms with Crippen molar-refractivity contribution >= 4 is 17.3 Å². The second kappa shape index (κ2) is 7.73. The number of nitro benzene ring substituents is 1. The van der Waals surface area contributed by atoms with Crippen LogP contribution in [0.2, 0.25) is 0 Å². The van der Waals surface area contributed by atoms with Gasteiger partial charge in [0.1, 0.15) is 12.4 Å². The third-order valence-corrected chi connectivity index (χ3v) is 2.22. The quantitative estimate of drug-likeness (QED) is 0.315. The van der Waals surface area contributed by atoms with Crippen LogP contribution in [0.25, 0.3) is 0 Å². The molecule has 0 aromatic heterocycles. The van der Waals surface area contributed by atoms with Crippen LogP contribution >= 0.6 is 11.6 Å². The molecule has 100 valence electrons. The van der Waals surface area contributed by atoms with Gasteiger partial charge in [0.15, 0.2) is 0 Å². The van der Waals surface area contributed by atoms with Crippen LogP contribution in [0, 0.1) is 10.1 Å². The topological polar surface area (TPSA) is 70.8 Å². The van der Waals surface area contributed by atoms with E-state index in [4.69, 9.17) is 25.8 Å². The van der Waals surface area contributed by atoms with Gasteiger partial charge in [0, 0.05) is 18.0 Å². The van der Waals surface area contributed by atoms with Crippen LogP contribution in [-0.4, -0.2) is 37.7 Å². The molecule has 0 amide bonds. The monoisotopic (exact) mass is 275 g/mol. The molecular formula is C11H14ClNO5. The maximum atomic E-state index is 10.8. The zero-order valence-corrected chi connectivity index (χ0v) is 10.7. The smallest absolute Gasteiger partial charge is 0.311 e. The van der Waals surface area contributed by atoms with E-state index in [1.54, 1.807) is 0 Å². The number of halogens is 1. The number of benzene rings is 1. The normalized spacial score (nSPS) is 10.1. The summed E-state index contributed by atoms with van der Waals surface area (Å²) in [6, 6.07) is 4.32. The van der Waals surface area contributed by atoms with Crippen molar-refractivity contribution in [1.29, 1.82) is 0 Å². The summed E-state index contributed by atoms with van der Waals surface area (Å²) < 4.78 is 15.4. The third kappa shape index (κ3) is 4.38. The minimum absolute atomic E-state index is 0.104. The first-order valence-electron chi connectivity index (χ1n) is 5.28. The highest BCUT2D eigenvalue weighted by Gasteiger charge is 2.15. The second-order valence-corrected chi connectivity index (χ2v) is 3.62. The molecule has 0 fully saturated rings. The first kappa shape index (κ1) is 14.5. The summed E-state index contributed by atoms with van der Waals surface area (Å²) in [5.74, 6) is 1.06. The summed E-state index contributed by atoms with van der Waals surface area (Å²) >= 11 is 5.43. The zero-order valence-electron chi connectivity index (χ0n) is 9.93. The van der Waals surface area contributed by atoms with E-state index in [9.17, 15) is 10.1 Å². The van der Waals surface area contributed by atoms with Crippen molar-refractivity contribution in [3.63, 3.8) is 0 Å². The number of rotatable bonds is 8. The minimum atomic E-state index is -0.506. The summed E-state index contributed by atoms with van der Waals surface area (Å²) in [6.07, 6.45) is 0. The Bertz CT molecular complexity index is 399. The summed E-state index contributed by atoms with van der Waals surface area (Å²) in [7, 11) is 1.48. The summed E-state index contributed by atoms with van der Waals surface area (Å²) in [5.41, 5.74) is -0.104. The molecule has 1 rings (SSSR count). The molecule has 0 heterocycles. The Labute approximate surface area is 110 Å². The van der Waals surface area contributed by atoms with Gasteiger partial charge in [-0.15, -0.1) is 11.6 Å². The molecule has 0 atom stereocenters. The fourth-order valence-corrected chi connectivity index (χ4v) is 1.36. The molecule has 0 aliphatic heterocycles. The highest BCUT2D eigenvalue weighted by molar-refractivity contribution is 6.17. The van der Waals surface area contributed by atoms with Crippen LogP contribution < -0.4 is 9.47 Å². The molecule has 6 nitrogen and oxygen atoms in total. The van der Waals surface area contributed by atoms with Gasteiger partial charge in [-0.3, -0.25) is 10.1 Å². The van der Waals surface area contributed by atoms with E-state index in [-0.39, 0.29) is 18.0 Å². The van der Waals surface area contributed by atoms with Gasteiger partial charge in [0.05, 0.1) is 25.2 Å². The van der Waals surface area contributed by atoms with E-state index in [2.05, 4.69) is 0 Å². The number of nitro groups is 1. The van der Waals surface area contributed by atoms with Crippen LogP contribution in [0.1, 0.15) is 0 Å². The Balaban J connectivity index is 2.63. The molecule has 0 aliphatic carbocycles. The molecule has 7 heteroatoms. The van der Waals surface area contributed by atoms with Crippen molar-refractivity contribution in [2.24, 2.45) is 0 Å². The summed E-state index contributed by atoms with van der Waals surface area (Å²) in [4.78, 5) is 10.3. The number of hydrogen-bond donors (Lipinski definition) is 0. The summed E-state index contributed by atoms with van der Waals surface area (Å²) in [5, 5.41) is 10.8. The van der Waals surface area contributed by atoms with Crippen molar-refractivity contribution in [2.45, 2.75) is 0 Å². The van der Waals surface area contributed by atoms with Gasteiger partial charge < -0.3 is 14.2 Å². The van der Waals surface area contributed by atoms with Crippen molar-refractivity contribution < 1.29 is 19.1 Å². The van der Waals surface area contributed by atoms with E-state index in [0.29, 0.717) is 24.8 Å². The predicted octanol–water partition coefficient (Wildman–Crippen LogP) is 2.24. The third-order valence-electron chi connectivity index (χ3n) is 2.07. The van der Waals surface area contributed by atoms with Gasteiger partial charge in [-0.05, 0) is 6.07 Å². The van der Waals surface area contributed by atoms with E-state index in [1.807, 2.05) is 0 Å². The number of hydrogen-bond acceptors (Lipinski definition) is 5. The second-order valence-electron chi connectivity index (χ2n) is 3.24. The molecule has 0 spiro atoms. The average Bonchev–Trinajstić information content (AvgIpc) is 2.38. The maximum absolute atomic E-state index is 10.8. The van der Waals surface area contributed by atoms with E-state index in [1.165, 1.54) is 25.3 Å². The maximum Gasteiger partial charge on any atom is 0.311 e. The number of nitrogens with zero attached hydrogens (tertiary/aromatic N) is 1. The lowest BCUT2D eigenvalue weighted by atomic mass is 10.3. The lowest BCUT2D eigenvalue weighted by Gasteiger charge is -2.08. The molecule has 0 unspecified atom stereocenters. The Morgan fingerprint density at radius 2 is 2.11 bits per heavy atom. The molecule has 0 saturated carbocycles. The molecule has 1 aromatic rings. The fraction of sp³-hybridized carbons (Fsp3) is 0.455. The molecule has 0 N–H and O–H groups in total. The van der Waals surface area contributed by atoms with Gasteiger partial charge in [-0.1, -0.05) is 0 Å². The Morgan fingerprint density at radius 1 is 1.33 bits per heavy atom.